The number of anilines is 1. The first-order valence-electron chi connectivity index (χ1n) is 8.90. The topological polar surface area (TPSA) is 90.3 Å². The summed E-state index contributed by atoms with van der Waals surface area (Å²) in [6, 6.07) is 2.86. The van der Waals surface area contributed by atoms with Crippen molar-refractivity contribution in [1.29, 1.82) is 0 Å². The molecule has 0 atom stereocenters. The number of carbonyl (C=O) groups is 2. The van der Waals surface area contributed by atoms with E-state index in [0.717, 1.165) is 30.0 Å². The minimum Gasteiger partial charge on any atom is -0.451 e. The summed E-state index contributed by atoms with van der Waals surface area (Å²) < 4.78 is 6.77. The van der Waals surface area contributed by atoms with E-state index in [0.29, 0.717) is 27.3 Å². The van der Waals surface area contributed by atoms with Gasteiger partial charge >= 0.3 is 5.97 Å². The molecule has 2 aromatic heterocycles. The van der Waals surface area contributed by atoms with Crippen LogP contribution in [0.4, 0.5) is 5.69 Å². The van der Waals surface area contributed by atoms with E-state index in [1.807, 2.05) is 0 Å². The lowest BCUT2D eigenvalue weighted by atomic mass is 10.2. The molecule has 3 heterocycles. The first kappa shape index (κ1) is 21.1. The summed E-state index contributed by atoms with van der Waals surface area (Å²) in [5.74, 6) is -0.598. The lowest BCUT2D eigenvalue weighted by Gasteiger charge is -2.10. The van der Waals surface area contributed by atoms with Gasteiger partial charge in [-0.3, -0.25) is 14.2 Å². The van der Waals surface area contributed by atoms with Crippen LogP contribution in [0.3, 0.4) is 0 Å². The predicted molar refractivity (Wildman–Crippen MR) is 117 cm³/mol. The third-order valence-corrected chi connectivity index (χ3v) is 6.68. The maximum Gasteiger partial charge on any atom is 0.349 e. The van der Waals surface area contributed by atoms with Crippen LogP contribution < -0.4 is 10.9 Å². The average molecular weight is 487 g/mol. The van der Waals surface area contributed by atoms with Crippen LogP contribution in [-0.4, -0.2) is 28.0 Å². The van der Waals surface area contributed by atoms with Gasteiger partial charge in [-0.2, -0.15) is 0 Å². The maximum absolute atomic E-state index is 12.7. The normalized spacial score (nSPS) is 12.8. The van der Waals surface area contributed by atoms with Gasteiger partial charge in [-0.1, -0.05) is 34.8 Å². The summed E-state index contributed by atoms with van der Waals surface area (Å²) in [4.78, 5) is 42.7. The van der Waals surface area contributed by atoms with Crippen LogP contribution in [0.15, 0.2) is 16.9 Å². The highest BCUT2D eigenvalue weighted by Gasteiger charge is 2.24. The number of fused-ring (bicyclic) bond motifs is 2. The highest BCUT2D eigenvalue weighted by Crippen LogP contribution is 2.33. The number of rotatable bonds is 4. The van der Waals surface area contributed by atoms with Crippen molar-refractivity contribution in [3.8, 4) is 0 Å². The molecule has 156 valence electrons. The predicted octanol–water partition coefficient (Wildman–Crippen LogP) is 4.47. The number of benzene rings is 1. The fourth-order valence-corrected chi connectivity index (χ4v) is 5.30. The second-order valence-corrected chi connectivity index (χ2v) is 8.94. The van der Waals surface area contributed by atoms with Gasteiger partial charge in [0.1, 0.15) is 15.5 Å². The Kier molecular flexibility index (Phi) is 5.76. The van der Waals surface area contributed by atoms with E-state index in [4.69, 9.17) is 39.5 Å². The number of nitrogens with zero attached hydrogens (tertiary/aromatic N) is 2. The molecule has 0 saturated heterocycles. The number of hydrogen-bond acceptors (Lipinski definition) is 6. The number of aromatic nitrogens is 2. The van der Waals surface area contributed by atoms with Gasteiger partial charge in [0.15, 0.2) is 6.61 Å². The zero-order valence-corrected chi connectivity index (χ0v) is 18.6. The molecule has 1 aromatic carbocycles. The molecule has 30 heavy (non-hydrogen) atoms. The van der Waals surface area contributed by atoms with Crippen molar-refractivity contribution < 1.29 is 14.3 Å². The number of carbonyl (C=O) groups excluding carboxylic acids is 2. The second-order valence-electron chi connectivity index (χ2n) is 6.69. The summed E-state index contributed by atoms with van der Waals surface area (Å²) >= 11 is 19.0. The van der Waals surface area contributed by atoms with E-state index in [1.165, 1.54) is 12.1 Å². The molecular formula is C19H14Cl3N3O4S. The van der Waals surface area contributed by atoms with E-state index in [1.54, 1.807) is 11.5 Å². The van der Waals surface area contributed by atoms with Crippen LogP contribution in [0, 0.1) is 6.92 Å². The molecule has 0 aliphatic carbocycles. The maximum atomic E-state index is 12.7. The number of hydrogen-bond donors (Lipinski definition) is 1. The SMILES string of the molecule is Cc1c(C(=O)OCC(=O)Nc2c(Cl)cc(Cl)cc2Cl)sc2nc3n(c(=O)c12)CCC3. The zero-order valence-electron chi connectivity index (χ0n) is 15.6. The van der Waals surface area contributed by atoms with Crippen LogP contribution >= 0.6 is 46.1 Å². The van der Waals surface area contributed by atoms with Gasteiger partial charge in [0.25, 0.3) is 11.5 Å². The van der Waals surface area contributed by atoms with Crippen LogP contribution in [0.25, 0.3) is 10.2 Å². The Hall–Kier alpha value is -2.13. The fraction of sp³-hybridized carbons (Fsp3) is 0.263. The standard InChI is InChI=1S/C19H14Cl3N3O4S/c1-8-14-17(23-12-3-2-4-25(12)18(14)27)30-16(8)19(28)29-7-13(26)24-15-10(21)5-9(20)6-11(15)22/h5-6H,2-4,7H2,1H3,(H,24,26). The Morgan fingerprint density at radius 1 is 1.27 bits per heavy atom. The van der Waals surface area contributed by atoms with Crippen molar-refractivity contribution in [2.75, 3.05) is 11.9 Å². The molecule has 1 amide bonds. The summed E-state index contributed by atoms with van der Waals surface area (Å²) in [7, 11) is 0. The monoisotopic (exact) mass is 485 g/mol. The second kappa shape index (κ2) is 8.19. The molecule has 11 heteroatoms. The molecule has 1 aliphatic rings. The smallest absolute Gasteiger partial charge is 0.349 e. The Balaban J connectivity index is 1.50. The van der Waals surface area contributed by atoms with Crippen molar-refractivity contribution in [1.82, 2.24) is 9.55 Å². The molecule has 1 N–H and O–H groups in total. The molecule has 1 aliphatic heterocycles. The van der Waals surface area contributed by atoms with E-state index < -0.39 is 18.5 Å². The summed E-state index contributed by atoms with van der Waals surface area (Å²) in [6.07, 6.45) is 1.61. The van der Waals surface area contributed by atoms with Gasteiger partial charge in [0, 0.05) is 18.0 Å². The third kappa shape index (κ3) is 3.80. The Morgan fingerprint density at radius 2 is 1.97 bits per heavy atom. The molecular weight excluding hydrogens is 473 g/mol. The van der Waals surface area contributed by atoms with Crippen molar-refractivity contribution in [2.45, 2.75) is 26.3 Å². The molecule has 7 nitrogen and oxygen atoms in total. The number of nitrogens with one attached hydrogen (secondary N) is 1. The van der Waals surface area contributed by atoms with Crippen LogP contribution in [0.2, 0.25) is 15.1 Å². The van der Waals surface area contributed by atoms with Crippen molar-refractivity contribution >= 4 is 73.9 Å². The quantitative estimate of drug-likeness (QED) is 0.550. The number of amides is 1. The molecule has 4 rings (SSSR count). The first-order chi connectivity index (χ1) is 14.3. The van der Waals surface area contributed by atoms with Gasteiger partial charge in [-0.15, -0.1) is 11.3 Å². The van der Waals surface area contributed by atoms with E-state index in [2.05, 4.69) is 10.3 Å². The Morgan fingerprint density at radius 3 is 2.67 bits per heavy atom. The summed E-state index contributed by atoms with van der Waals surface area (Å²) in [6.45, 7) is 1.75. The lowest BCUT2D eigenvalue weighted by Crippen LogP contribution is -2.22. The Labute approximate surface area is 189 Å². The number of aryl methyl sites for hydroxylation is 2. The molecule has 0 fully saturated rings. The fourth-order valence-electron chi connectivity index (χ4n) is 3.30. The molecule has 0 unspecified atom stereocenters. The van der Waals surface area contributed by atoms with Crippen LogP contribution in [0.5, 0.6) is 0 Å². The minimum atomic E-state index is -0.705. The van der Waals surface area contributed by atoms with E-state index in [-0.39, 0.29) is 26.2 Å². The third-order valence-electron chi connectivity index (χ3n) is 4.70. The van der Waals surface area contributed by atoms with Gasteiger partial charge in [-0.05, 0) is 31.0 Å². The molecule has 3 aromatic rings. The molecule has 0 saturated carbocycles. The van der Waals surface area contributed by atoms with Crippen molar-refractivity contribution in [3.05, 3.63) is 53.8 Å². The highest BCUT2D eigenvalue weighted by molar-refractivity contribution is 7.20. The zero-order chi connectivity index (χ0) is 21.6. The molecule has 0 spiro atoms. The van der Waals surface area contributed by atoms with Crippen molar-refractivity contribution in [2.24, 2.45) is 0 Å². The van der Waals surface area contributed by atoms with E-state index in [9.17, 15) is 14.4 Å². The van der Waals surface area contributed by atoms with Gasteiger partial charge < -0.3 is 10.1 Å². The molecule has 0 bridgehead atoms. The number of thiophene rings is 1. The van der Waals surface area contributed by atoms with Gasteiger partial charge in [-0.25, -0.2) is 9.78 Å². The van der Waals surface area contributed by atoms with E-state index >= 15 is 0 Å². The van der Waals surface area contributed by atoms with Crippen LogP contribution in [0.1, 0.15) is 27.5 Å². The first-order valence-corrected chi connectivity index (χ1v) is 10.9. The Bertz CT molecular complexity index is 1250. The number of halogens is 3. The largest absolute Gasteiger partial charge is 0.451 e. The van der Waals surface area contributed by atoms with Crippen molar-refractivity contribution in [3.63, 3.8) is 0 Å². The highest BCUT2D eigenvalue weighted by atomic mass is 35.5. The van der Waals surface area contributed by atoms with Gasteiger partial charge in [0.05, 0.1) is 21.1 Å². The summed E-state index contributed by atoms with van der Waals surface area (Å²) in [5.41, 5.74) is 0.530. The van der Waals surface area contributed by atoms with Crippen LogP contribution in [-0.2, 0) is 22.5 Å². The molecule has 0 radical (unpaired) electrons. The summed E-state index contributed by atoms with van der Waals surface area (Å²) in [5, 5.41) is 3.55. The number of esters is 1. The minimum absolute atomic E-state index is 0.148. The number of ether oxygens (including phenoxy) is 1. The van der Waals surface area contributed by atoms with Gasteiger partial charge in [0.2, 0.25) is 0 Å². The lowest BCUT2D eigenvalue weighted by molar-refractivity contribution is -0.119. The average Bonchev–Trinajstić information content (AvgIpc) is 3.28.